The van der Waals surface area contributed by atoms with Crippen LogP contribution in [0.2, 0.25) is 5.02 Å². The van der Waals surface area contributed by atoms with Crippen molar-refractivity contribution < 1.29 is 22.7 Å². The van der Waals surface area contributed by atoms with Gasteiger partial charge in [0.15, 0.2) is 6.61 Å². The Morgan fingerprint density at radius 3 is 2.28 bits per heavy atom. The zero-order valence-electron chi connectivity index (χ0n) is 23.7. The number of nitrogens with zero attached hydrogens (tertiary/aromatic N) is 5. The van der Waals surface area contributed by atoms with Crippen LogP contribution in [0, 0.1) is 6.92 Å². The molecule has 0 spiro atoms. The number of ether oxygens (including phenoxy) is 1. The van der Waals surface area contributed by atoms with Crippen LogP contribution < -0.4 is 26.4 Å². The highest BCUT2D eigenvalue weighted by Crippen LogP contribution is 2.27. The number of para-hydroxylation sites is 1. The number of carbonyl (C=O) groups excluding carboxylic acids is 2. The van der Waals surface area contributed by atoms with Gasteiger partial charge in [-0.1, -0.05) is 29.8 Å². The third-order valence-corrected chi connectivity index (χ3v) is 8.87. The van der Waals surface area contributed by atoms with E-state index in [1.165, 1.54) is 42.6 Å². The molecular formula is C27H27ClN6O8S. The summed E-state index contributed by atoms with van der Waals surface area (Å²) in [6, 6.07) is 13.0. The lowest BCUT2D eigenvalue weighted by Crippen LogP contribution is -2.38. The number of esters is 1. The second-order valence-electron chi connectivity index (χ2n) is 9.42. The molecule has 0 aliphatic rings. The van der Waals surface area contributed by atoms with Gasteiger partial charge in [-0.2, -0.15) is 0 Å². The number of amides is 1. The van der Waals surface area contributed by atoms with Crippen LogP contribution in [0.5, 0.6) is 0 Å². The van der Waals surface area contributed by atoms with E-state index in [4.69, 9.17) is 16.3 Å². The Hall–Kier alpha value is -4.89. The lowest BCUT2D eigenvalue weighted by atomic mass is 10.2. The summed E-state index contributed by atoms with van der Waals surface area (Å²) < 4.78 is 37.8. The van der Waals surface area contributed by atoms with Crippen molar-refractivity contribution in [2.45, 2.75) is 11.8 Å². The molecule has 0 aliphatic heterocycles. The number of rotatable bonds is 8. The number of carbonyl (C=O) groups is 2. The molecule has 43 heavy (non-hydrogen) atoms. The van der Waals surface area contributed by atoms with Crippen molar-refractivity contribution in [2.75, 3.05) is 23.3 Å². The number of halogens is 1. The molecule has 0 aliphatic carbocycles. The van der Waals surface area contributed by atoms with Crippen molar-refractivity contribution in [1.82, 2.24) is 18.5 Å². The van der Waals surface area contributed by atoms with Crippen LogP contribution in [0.15, 0.2) is 73.9 Å². The first-order valence-electron chi connectivity index (χ1n) is 12.5. The smallest absolute Gasteiger partial charge is 0.340 e. The molecule has 2 aromatic heterocycles. The van der Waals surface area contributed by atoms with Gasteiger partial charge in [0.1, 0.15) is 11.5 Å². The van der Waals surface area contributed by atoms with E-state index in [1.54, 1.807) is 44.3 Å². The molecule has 0 saturated carbocycles. The second kappa shape index (κ2) is 11.8. The van der Waals surface area contributed by atoms with Crippen LogP contribution in [-0.2, 0) is 40.7 Å². The number of nitrogens with one attached hydrogen (secondary N) is 1. The molecule has 4 rings (SSSR count). The van der Waals surface area contributed by atoms with Crippen molar-refractivity contribution in [3.05, 3.63) is 102 Å². The quantitative estimate of drug-likeness (QED) is 0.283. The molecule has 0 bridgehead atoms. The van der Waals surface area contributed by atoms with E-state index in [0.29, 0.717) is 11.4 Å². The van der Waals surface area contributed by atoms with Gasteiger partial charge >= 0.3 is 11.7 Å². The van der Waals surface area contributed by atoms with Crippen LogP contribution in [0.4, 0.5) is 11.5 Å². The van der Waals surface area contributed by atoms with Gasteiger partial charge in [-0.15, -0.1) is 0 Å². The summed E-state index contributed by atoms with van der Waals surface area (Å²) in [5, 5.41) is 2.15. The van der Waals surface area contributed by atoms with Crippen molar-refractivity contribution in [2.24, 2.45) is 21.1 Å². The minimum atomic E-state index is -4.39. The van der Waals surface area contributed by atoms with Crippen molar-refractivity contribution >= 4 is 45.0 Å². The van der Waals surface area contributed by atoms with Gasteiger partial charge < -0.3 is 10.1 Å². The fourth-order valence-corrected chi connectivity index (χ4v) is 5.73. The average molecular weight is 631 g/mol. The summed E-state index contributed by atoms with van der Waals surface area (Å²) in [4.78, 5) is 62.1. The Morgan fingerprint density at radius 1 is 0.977 bits per heavy atom. The molecule has 0 radical (unpaired) electrons. The highest BCUT2D eigenvalue weighted by Gasteiger charge is 2.30. The van der Waals surface area contributed by atoms with Gasteiger partial charge in [0.05, 0.1) is 26.9 Å². The molecule has 16 heteroatoms. The topological polar surface area (TPSA) is 164 Å². The minimum absolute atomic E-state index is 0.104. The molecule has 4 aromatic rings. The van der Waals surface area contributed by atoms with E-state index in [9.17, 15) is 32.4 Å². The Labute approximate surface area is 249 Å². The second-order valence-corrected chi connectivity index (χ2v) is 11.8. The Morgan fingerprint density at radius 2 is 1.63 bits per heavy atom. The maximum absolute atomic E-state index is 13.6. The maximum Gasteiger partial charge on any atom is 0.340 e. The number of hydrogen-bond acceptors (Lipinski definition) is 8. The SMILES string of the molecule is Cc1c(N(C)S(=O)(=O)c2ccc(Cl)c(C(=O)OCC(=O)Nc3cc(=O)n(C)c(=O)n3C)c2)c(=O)n(-c2ccccc2)n1C. The highest BCUT2D eigenvalue weighted by atomic mass is 35.5. The van der Waals surface area contributed by atoms with E-state index in [0.717, 1.165) is 25.6 Å². The normalized spacial score (nSPS) is 11.3. The van der Waals surface area contributed by atoms with Crippen molar-refractivity contribution in [3.8, 4) is 5.69 Å². The van der Waals surface area contributed by atoms with Crippen molar-refractivity contribution in [1.29, 1.82) is 0 Å². The van der Waals surface area contributed by atoms with Crippen LogP contribution >= 0.6 is 11.6 Å². The summed E-state index contributed by atoms with van der Waals surface area (Å²) in [7, 11) is 1.06. The lowest BCUT2D eigenvalue weighted by molar-refractivity contribution is -0.119. The summed E-state index contributed by atoms with van der Waals surface area (Å²) >= 11 is 6.15. The largest absolute Gasteiger partial charge is 0.452 e. The van der Waals surface area contributed by atoms with Gasteiger partial charge in [-0.05, 0) is 37.3 Å². The lowest BCUT2D eigenvalue weighted by Gasteiger charge is -2.19. The van der Waals surface area contributed by atoms with Gasteiger partial charge in [0.2, 0.25) is 0 Å². The van der Waals surface area contributed by atoms with Crippen LogP contribution in [0.25, 0.3) is 5.69 Å². The number of hydrogen-bond donors (Lipinski definition) is 1. The third kappa shape index (κ3) is 5.76. The molecule has 0 saturated heterocycles. The number of sulfonamides is 1. The summed E-state index contributed by atoms with van der Waals surface area (Å²) in [5.41, 5.74) is -1.47. The predicted octanol–water partition coefficient (Wildman–Crippen LogP) is 1.16. The Balaban J connectivity index is 1.57. The van der Waals surface area contributed by atoms with Gasteiger partial charge in [-0.25, -0.2) is 22.7 Å². The first kappa shape index (κ1) is 31.1. The summed E-state index contributed by atoms with van der Waals surface area (Å²) in [5.74, 6) is -2.10. The van der Waals surface area contributed by atoms with Crippen LogP contribution in [-0.4, -0.2) is 52.4 Å². The molecule has 0 atom stereocenters. The minimum Gasteiger partial charge on any atom is -0.452 e. The molecule has 0 unspecified atom stereocenters. The van der Waals surface area contributed by atoms with Gasteiger partial charge in [0.25, 0.3) is 27.0 Å². The predicted molar refractivity (Wildman–Crippen MR) is 159 cm³/mol. The van der Waals surface area contributed by atoms with Gasteiger partial charge in [-0.3, -0.25) is 32.5 Å². The molecule has 1 N–H and O–H groups in total. The Kier molecular flexibility index (Phi) is 8.50. The van der Waals surface area contributed by atoms with Crippen LogP contribution in [0.3, 0.4) is 0 Å². The van der Waals surface area contributed by atoms with E-state index in [-0.39, 0.29) is 27.0 Å². The number of anilines is 2. The third-order valence-electron chi connectivity index (χ3n) is 6.78. The van der Waals surface area contributed by atoms with E-state index in [1.807, 2.05) is 0 Å². The van der Waals surface area contributed by atoms with Crippen molar-refractivity contribution in [3.63, 3.8) is 0 Å². The fourth-order valence-electron chi connectivity index (χ4n) is 4.26. The monoisotopic (exact) mass is 630 g/mol. The highest BCUT2D eigenvalue weighted by molar-refractivity contribution is 7.92. The van der Waals surface area contributed by atoms with Crippen LogP contribution in [0.1, 0.15) is 16.1 Å². The standard InChI is InChI=1S/C27H27ClN6O8S/c1-16-24(25(37)34(32(16)4)17-9-7-6-8-10-17)33(5)43(40,41)18-11-12-20(28)19(13-18)26(38)42-15-22(35)29-21-14-23(36)31(3)27(39)30(21)2/h6-14H,15H2,1-5H3,(H,29,35). The molecule has 1 amide bonds. The first-order valence-corrected chi connectivity index (χ1v) is 14.3. The molecule has 2 heterocycles. The molecule has 226 valence electrons. The maximum atomic E-state index is 13.6. The van der Waals surface area contributed by atoms with E-state index < -0.39 is 45.3 Å². The summed E-state index contributed by atoms with van der Waals surface area (Å²) in [6.07, 6.45) is 0. The zero-order chi connectivity index (χ0) is 31.8. The number of benzene rings is 2. The van der Waals surface area contributed by atoms with E-state index >= 15 is 0 Å². The number of aromatic nitrogens is 4. The molecule has 14 nitrogen and oxygen atoms in total. The fraction of sp³-hybridized carbons (Fsp3) is 0.222. The van der Waals surface area contributed by atoms with E-state index in [2.05, 4.69) is 5.32 Å². The van der Waals surface area contributed by atoms with Gasteiger partial charge in [0, 0.05) is 34.3 Å². The summed E-state index contributed by atoms with van der Waals surface area (Å²) in [6.45, 7) is 0.765. The average Bonchev–Trinajstić information content (AvgIpc) is 3.20. The molecule has 0 fully saturated rings. The zero-order valence-corrected chi connectivity index (χ0v) is 25.3. The molecule has 2 aromatic carbocycles. The molecular weight excluding hydrogens is 604 g/mol. The first-order chi connectivity index (χ1) is 20.2. The Bertz CT molecular complexity index is 2040.